The van der Waals surface area contributed by atoms with Crippen LogP contribution in [0, 0.1) is 12.8 Å². The van der Waals surface area contributed by atoms with Gasteiger partial charge < -0.3 is 4.57 Å². The van der Waals surface area contributed by atoms with E-state index >= 15 is 0 Å². The number of fused-ring (bicyclic) bond motifs is 1. The van der Waals surface area contributed by atoms with Crippen LogP contribution in [0.2, 0.25) is 0 Å². The molecule has 39 heavy (non-hydrogen) atoms. The molecule has 0 spiro atoms. The van der Waals surface area contributed by atoms with E-state index in [-0.39, 0.29) is 11.9 Å². The first-order valence-electron chi connectivity index (χ1n) is 13.7. The molecule has 2 aliphatic rings. The van der Waals surface area contributed by atoms with Gasteiger partial charge >= 0.3 is 0 Å². The Hall–Kier alpha value is -3.09. The number of aromatic nitrogens is 1. The van der Waals surface area contributed by atoms with E-state index in [0.717, 1.165) is 57.3 Å². The van der Waals surface area contributed by atoms with Gasteiger partial charge in [0.15, 0.2) is 5.17 Å². The molecule has 3 aromatic carbocycles. The van der Waals surface area contributed by atoms with E-state index in [0.29, 0.717) is 5.92 Å². The predicted molar refractivity (Wildman–Crippen MR) is 167 cm³/mol. The molecule has 2 heterocycles. The zero-order valence-electron chi connectivity index (χ0n) is 22.3. The second-order valence-corrected chi connectivity index (χ2v) is 12.5. The maximum absolute atomic E-state index is 14.1. The molecule has 1 aliphatic carbocycles. The summed E-state index contributed by atoms with van der Waals surface area (Å²) in [5.74, 6) is 0.538. The first-order valence-corrected chi connectivity index (χ1v) is 15.3. The molecular formula is C33H32BrN3OS. The van der Waals surface area contributed by atoms with Crippen molar-refractivity contribution in [3.8, 4) is 0 Å². The van der Waals surface area contributed by atoms with Crippen LogP contribution in [0.5, 0.6) is 0 Å². The molecular weight excluding hydrogens is 566 g/mol. The summed E-state index contributed by atoms with van der Waals surface area (Å²) in [6.07, 6.45) is 6.68. The monoisotopic (exact) mass is 597 g/mol. The lowest BCUT2D eigenvalue weighted by molar-refractivity contribution is -0.124. The highest BCUT2D eigenvalue weighted by Crippen LogP contribution is 2.41. The van der Waals surface area contributed by atoms with Gasteiger partial charge in [-0.25, -0.2) is 4.99 Å². The third-order valence-electron chi connectivity index (χ3n) is 8.02. The van der Waals surface area contributed by atoms with Crippen LogP contribution in [-0.2, 0) is 11.3 Å². The maximum Gasteiger partial charge on any atom is 0.267 e. The van der Waals surface area contributed by atoms with Crippen molar-refractivity contribution in [3.05, 3.63) is 105 Å². The summed E-state index contributed by atoms with van der Waals surface area (Å²) < 4.78 is 3.43. The van der Waals surface area contributed by atoms with Crippen molar-refractivity contribution in [1.29, 1.82) is 0 Å². The van der Waals surface area contributed by atoms with Crippen molar-refractivity contribution in [1.82, 2.24) is 9.47 Å². The molecule has 0 radical (unpaired) electrons. The summed E-state index contributed by atoms with van der Waals surface area (Å²) in [6.45, 7) is 5.22. The minimum atomic E-state index is 0.0811. The average molecular weight is 599 g/mol. The highest BCUT2D eigenvalue weighted by molar-refractivity contribution is 9.10. The van der Waals surface area contributed by atoms with E-state index in [1.165, 1.54) is 34.6 Å². The molecule has 0 unspecified atom stereocenters. The summed E-state index contributed by atoms with van der Waals surface area (Å²) in [5.41, 5.74) is 5.56. The normalized spacial score (nSPS) is 21.9. The van der Waals surface area contributed by atoms with Crippen molar-refractivity contribution in [2.45, 2.75) is 52.1 Å². The predicted octanol–water partition coefficient (Wildman–Crippen LogP) is 8.94. The fourth-order valence-electron chi connectivity index (χ4n) is 5.90. The third-order valence-corrected chi connectivity index (χ3v) is 9.54. The van der Waals surface area contributed by atoms with Crippen molar-refractivity contribution in [3.63, 3.8) is 0 Å². The molecule has 1 saturated carbocycles. The lowest BCUT2D eigenvalue weighted by Gasteiger charge is -2.35. The summed E-state index contributed by atoms with van der Waals surface area (Å²) >= 11 is 5.06. The van der Waals surface area contributed by atoms with Gasteiger partial charge in [0.2, 0.25) is 0 Å². The van der Waals surface area contributed by atoms with Gasteiger partial charge in [-0.15, -0.1) is 0 Å². The standard InChI is InChI=1S/C33H32BrN3OS/c1-22-10-6-8-14-29(22)37-32(38)31(39-33(37)35-26-11-4-3-5-12-26)20-28-23(2)36(30-15-9-7-13-27(28)30)21-24-16-18-25(34)19-17-24/h3-5,7,9,11-13,15-20,22,29H,6,8,10,14,21H2,1-2H3/b31-20-,35-33?/t22-,29+/m1/s1. The molecule has 0 N–H and O–H groups in total. The van der Waals surface area contributed by atoms with E-state index in [1.54, 1.807) is 0 Å². The van der Waals surface area contributed by atoms with Crippen molar-refractivity contribution < 1.29 is 4.79 Å². The van der Waals surface area contributed by atoms with Crippen LogP contribution in [0.3, 0.4) is 0 Å². The van der Waals surface area contributed by atoms with E-state index in [4.69, 9.17) is 4.99 Å². The number of hydrogen-bond donors (Lipinski definition) is 0. The topological polar surface area (TPSA) is 37.6 Å². The van der Waals surface area contributed by atoms with Gasteiger partial charge in [-0.05, 0) is 79.4 Å². The van der Waals surface area contributed by atoms with Crippen LogP contribution in [0.1, 0.15) is 49.4 Å². The second kappa shape index (κ2) is 11.2. The highest BCUT2D eigenvalue weighted by atomic mass is 79.9. The van der Waals surface area contributed by atoms with Crippen LogP contribution in [0.4, 0.5) is 5.69 Å². The quantitative estimate of drug-likeness (QED) is 0.215. The first-order chi connectivity index (χ1) is 19.0. The fraction of sp³-hybridized carbons (Fsp3) is 0.273. The molecule has 6 heteroatoms. The Bertz CT molecular complexity index is 1570. The van der Waals surface area contributed by atoms with Crippen LogP contribution < -0.4 is 0 Å². The summed E-state index contributed by atoms with van der Waals surface area (Å²) in [5, 5.41) is 1.96. The van der Waals surface area contributed by atoms with Gasteiger partial charge in [0.25, 0.3) is 5.91 Å². The Morgan fingerprint density at radius 1 is 0.974 bits per heavy atom. The Morgan fingerprint density at radius 3 is 2.46 bits per heavy atom. The number of amides is 1. The van der Waals surface area contributed by atoms with Crippen molar-refractivity contribution in [2.24, 2.45) is 10.9 Å². The first kappa shape index (κ1) is 26.1. The minimum absolute atomic E-state index is 0.0811. The molecule has 1 saturated heterocycles. The molecule has 198 valence electrons. The van der Waals surface area contributed by atoms with Crippen LogP contribution in [-0.4, -0.2) is 26.6 Å². The molecule has 4 nitrogen and oxygen atoms in total. The van der Waals surface area contributed by atoms with Gasteiger partial charge in [-0.3, -0.25) is 9.69 Å². The molecule has 6 rings (SSSR count). The van der Waals surface area contributed by atoms with Gasteiger partial charge in [0, 0.05) is 39.2 Å². The Morgan fingerprint density at radius 2 is 1.69 bits per heavy atom. The fourth-order valence-corrected chi connectivity index (χ4v) is 7.19. The van der Waals surface area contributed by atoms with Gasteiger partial charge in [0.1, 0.15) is 0 Å². The number of rotatable bonds is 5. The Labute approximate surface area is 242 Å². The van der Waals surface area contributed by atoms with E-state index in [1.807, 2.05) is 35.2 Å². The van der Waals surface area contributed by atoms with Crippen LogP contribution >= 0.6 is 27.7 Å². The van der Waals surface area contributed by atoms with Crippen LogP contribution in [0.25, 0.3) is 17.0 Å². The average Bonchev–Trinajstić information content (AvgIpc) is 3.39. The number of hydrogen-bond acceptors (Lipinski definition) is 3. The number of para-hydroxylation sites is 2. The molecule has 0 bridgehead atoms. The lowest BCUT2D eigenvalue weighted by Crippen LogP contribution is -2.44. The smallest absolute Gasteiger partial charge is 0.267 e. The number of carbonyl (C=O) groups excluding carboxylic acids is 1. The van der Waals surface area contributed by atoms with Gasteiger partial charge in [-0.2, -0.15) is 0 Å². The third kappa shape index (κ3) is 5.24. The maximum atomic E-state index is 14.1. The number of aliphatic imine (C=N–C) groups is 1. The molecule has 2 fully saturated rings. The summed E-state index contributed by atoms with van der Waals surface area (Å²) in [4.78, 5) is 21.8. The number of halogens is 1. The lowest BCUT2D eigenvalue weighted by atomic mass is 9.85. The van der Waals surface area contributed by atoms with Gasteiger partial charge in [0.05, 0.1) is 10.6 Å². The Balaban J connectivity index is 1.42. The zero-order chi connectivity index (χ0) is 26.9. The number of amidine groups is 1. The number of benzene rings is 3. The molecule has 1 amide bonds. The molecule has 1 aromatic heterocycles. The van der Waals surface area contributed by atoms with E-state index in [2.05, 4.69) is 89.0 Å². The second-order valence-electron chi connectivity index (χ2n) is 10.6. The molecule has 1 aliphatic heterocycles. The number of nitrogens with zero attached hydrogens (tertiary/aromatic N) is 3. The largest absolute Gasteiger partial charge is 0.340 e. The highest BCUT2D eigenvalue weighted by Gasteiger charge is 2.41. The number of thioether (sulfide) groups is 1. The molecule has 2 atom stereocenters. The SMILES string of the molecule is Cc1c(/C=C2\SC(=Nc3ccccc3)N([C@H]3CCCC[C@H]3C)C2=O)c2ccccc2n1Cc1ccc(Br)cc1. The summed E-state index contributed by atoms with van der Waals surface area (Å²) in [6, 6.07) is 27.2. The van der Waals surface area contributed by atoms with E-state index < -0.39 is 0 Å². The molecule has 4 aromatic rings. The van der Waals surface area contributed by atoms with Crippen LogP contribution in [0.15, 0.2) is 93.2 Å². The van der Waals surface area contributed by atoms with Gasteiger partial charge in [-0.1, -0.05) is 84.2 Å². The zero-order valence-corrected chi connectivity index (χ0v) is 24.7. The van der Waals surface area contributed by atoms with Crippen molar-refractivity contribution >= 4 is 61.4 Å². The minimum Gasteiger partial charge on any atom is -0.340 e. The van der Waals surface area contributed by atoms with Crippen molar-refractivity contribution in [2.75, 3.05) is 0 Å². The Kier molecular flexibility index (Phi) is 7.50. The summed E-state index contributed by atoms with van der Waals surface area (Å²) in [7, 11) is 0. The number of carbonyl (C=O) groups is 1. The van der Waals surface area contributed by atoms with E-state index in [9.17, 15) is 4.79 Å².